The summed E-state index contributed by atoms with van der Waals surface area (Å²) >= 11 is 11.7. The van der Waals surface area contributed by atoms with E-state index in [1.807, 2.05) is 0 Å². The molecule has 24 heavy (non-hydrogen) atoms. The first-order chi connectivity index (χ1) is 11.4. The average molecular weight is 369 g/mol. The number of anilines is 2. The number of benzene rings is 2. The molecular formula is C16H14Cl2N2O4. The second kappa shape index (κ2) is 7.90. The zero-order valence-corrected chi connectivity index (χ0v) is 14.1. The maximum atomic E-state index is 11.9. The fraction of sp³-hybridized carbons (Fsp3) is 0.125. The van der Waals surface area contributed by atoms with Gasteiger partial charge in [-0.1, -0.05) is 23.2 Å². The molecule has 2 rings (SSSR count). The molecule has 1 amide bonds. The number of ether oxygens (including phenoxy) is 2. The number of rotatable bonds is 5. The highest BCUT2D eigenvalue weighted by molar-refractivity contribution is 6.33. The highest BCUT2D eigenvalue weighted by Crippen LogP contribution is 2.27. The van der Waals surface area contributed by atoms with Gasteiger partial charge in [-0.3, -0.25) is 4.79 Å². The van der Waals surface area contributed by atoms with Gasteiger partial charge in [0.2, 0.25) is 0 Å². The molecule has 0 saturated heterocycles. The summed E-state index contributed by atoms with van der Waals surface area (Å²) < 4.78 is 10.1. The number of methoxy groups -OCH3 is 1. The first-order valence-electron chi connectivity index (χ1n) is 6.76. The van der Waals surface area contributed by atoms with Gasteiger partial charge < -0.3 is 20.5 Å². The minimum absolute atomic E-state index is 0.199. The predicted octanol–water partition coefficient (Wildman–Crippen LogP) is 3.38. The van der Waals surface area contributed by atoms with Crippen molar-refractivity contribution in [3.8, 4) is 5.75 Å². The number of carbonyl (C=O) groups is 2. The van der Waals surface area contributed by atoms with Crippen LogP contribution in [0.2, 0.25) is 10.0 Å². The van der Waals surface area contributed by atoms with Crippen molar-refractivity contribution < 1.29 is 19.1 Å². The monoisotopic (exact) mass is 368 g/mol. The number of nitrogens with one attached hydrogen (secondary N) is 1. The normalized spacial score (nSPS) is 10.1. The molecule has 0 atom stereocenters. The summed E-state index contributed by atoms with van der Waals surface area (Å²) in [5, 5.41) is 3.32. The molecule has 3 N–H and O–H groups in total. The third-order valence-electron chi connectivity index (χ3n) is 3.00. The fourth-order valence-electron chi connectivity index (χ4n) is 1.85. The molecule has 0 fully saturated rings. The van der Waals surface area contributed by atoms with Crippen LogP contribution in [0.15, 0.2) is 36.4 Å². The number of nitrogens with two attached hydrogens (primary N) is 1. The fourth-order valence-corrected chi connectivity index (χ4v) is 2.14. The Morgan fingerprint density at radius 3 is 2.58 bits per heavy atom. The van der Waals surface area contributed by atoms with Gasteiger partial charge in [0.25, 0.3) is 5.91 Å². The van der Waals surface area contributed by atoms with Crippen LogP contribution in [0, 0.1) is 0 Å². The Morgan fingerprint density at radius 1 is 1.17 bits per heavy atom. The number of carbonyl (C=O) groups excluding carboxylic acids is 2. The van der Waals surface area contributed by atoms with Gasteiger partial charge in [-0.2, -0.15) is 0 Å². The van der Waals surface area contributed by atoms with E-state index in [0.717, 1.165) is 0 Å². The van der Waals surface area contributed by atoms with E-state index in [-0.39, 0.29) is 11.3 Å². The minimum Gasteiger partial charge on any atom is -0.495 e. The van der Waals surface area contributed by atoms with Gasteiger partial charge in [0.05, 0.1) is 29.1 Å². The van der Waals surface area contributed by atoms with Gasteiger partial charge in [-0.05, 0) is 36.4 Å². The smallest absolute Gasteiger partial charge is 0.338 e. The number of halogens is 2. The molecule has 0 aliphatic heterocycles. The molecule has 0 aliphatic carbocycles. The zero-order chi connectivity index (χ0) is 17.7. The first kappa shape index (κ1) is 17.9. The molecule has 6 nitrogen and oxygen atoms in total. The number of hydrogen-bond acceptors (Lipinski definition) is 5. The molecular weight excluding hydrogens is 355 g/mol. The van der Waals surface area contributed by atoms with Gasteiger partial charge in [0.15, 0.2) is 6.61 Å². The van der Waals surface area contributed by atoms with E-state index >= 15 is 0 Å². The van der Waals surface area contributed by atoms with E-state index in [9.17, 15) is 9.59 Å². The third-order valence-corrected chi connectivity index (χ3v) is 3.58. The van der Waals surface area contributed by atoms with Crippen molar-refractivity contribution >= 4 is 46.5 Å². The van der Waals surface area contributed by atoms with Gasteiger partial charge in [-0.15, -0.1) is 0 Å². The van der Waals surface area contributed by atoms with Crippen molar-refractivity contribution in [2.24, 2.45) is 0 Å². The summed E-state index contributed by atoms with van der Waals surface area (Å²) in [4.78, 5) is 23.8. The Labute approximate surface area is 148 Å². The molecule has 0 spiro atoms. The minimum atomic E-state index is -0.688. The van der Waals surface area contributed by atoms with E-state index < -0.39 is 18.5 Å². The Bertz CT molecular complexity index is 781. The summed E-state index contributed by atoms with van der Waals surface area (Å²) in [5.74, 6) is -0.790. The summed E-state index contributed by atoms with van der Waals surface area (Å²) in [6.07, 6.45) is 0. The maximum Gasteiger partial charge on any atom is 0.338 e. The van der Waals surface area contributed by atoms with Crippen LogP contribution in [-0.2, 0) is 9.53 Å². The van der Waals surface area contributed by atoms with Crippen LogP contribution in [0.5, 0.6) is 5.75 Å². The third kappa shape index (κ3) is 4.53. The van der Waals surface area contributed by atoms with Crippen molar-refractivity contribution in [2.75, 3.05) is 24.8 Å². The van der Waals surface area contributed by atoms with Crippen LogP contribution in [0.3, 0.4) is 0 Å². The molecule has 2 aromatic carbocycles. The lowest BCUT2D eigenvalue weighted by Gasteiger charge is -2.11. The molecule has 0 aliphatic rings. The first-order valence-corrected chi connectivity index (χ1v) is 7.52. The van der Waals surface area contributed by atoms with Crippen LogP contribution in [0.25, 0.3) is 0 Å². The lowest BCUT2D eigenvalue weighted by molar-refractivity contribution is -0.119. The van der Waals surface area contributed by atoms with Gasteiger partial charge in [-0.25, -0.2) is 4.79 Å². The van der Waals surface area contributed by atoms with E-state index in [1.54, 1.807) is 12.1 Å². The molecule has 0 bridgehead atoms. The Kier molecular flexibility index (Phi) is 5.89. The van der Waals surface area contributed by atoms with Crippen molar-refractivity contribution in [2.45, 2.75) is 0 Å². The SMILES string of the molecule is COc1ccc(Cl)cc1NC(=O)COC(=O)c1ccc(Cl)c(N)c1. The molecule has 0 unspecified atom stereocenters. The van der Waals surface area contributed by atoms with Crippen LogP contribution in [-0.4, -0.2) is 25.6 Å². The van der Waals surface area contributed by atoms with Crippen molar-refractivity contribution in [1.29, 1.82) is 0 Å². The summed E-state index contributed by atoms with van der Waals surface area (Å²) in [6, 6.07) is 9.08. The maximum absolute atomic E-state index is 11.9. The lowest BCUT2D eigenvalue weighted by Crippen LogP contribution is -2.21. The molecule has 0 heterocycles. The van der Waals surface area contributed by atoms with Crippen molar-refractivity contribution in [1.82, 2.24) is 0 Å². The van der Waals surface area contributed by atoms with Crippen LogP contribution < -0.4 is 15.8 Å². The summed E-state index contributed by atoms with van der Waals surface area (Å²) in [7, 11) is 1.46. The summed E-state index contributed by atoms with van der Waals surface area (Å²) in [6.45, 7) is -0.475. The Morgan fingerprint density at radius 2 is 1.92 bits per heavy atom. The summed E-state index contributed by atoms with van der Waals surface area (Å²) in [5.41, 5.74) is 6.44. The quantitative estimate of drug-likeness (QED) is 0.623. The second-order valence-electron chi connectivity index (χ2n) is 4.71. The molecule has 0 radical (unpaired) electrons. The Balaban J connectivity index is 1.97. The average Bonchev–Trinajstić information content (AvgIpc) is 2.55. The number of esters is 1. The molecule has 8 heteroatoms. The van der Waals surface area contributed by atoms with Gasteiger partial charge in [0, 0.05) is 5.02 Å². The van der Waals surface area contributed by atoms with Crippen LogP contribution >= 0.6 is 23.2 Å². The largest absolute Gasteiger partial charge is 0.495 e. The zero-order valence-electron chi connectivity index (χ0n) is 12.6. The van der Waals surface area contributed by atoms with E-state index in [2.05, 4.69) is 5.32 Å². The van der Waals surface area contributed by atoms with Crippen LogP contribution in [0.1, 0.15) is 10.4 Å². The number of amides is 1. The van der Waals surface area contributed by atoms with E-state index in [1.165, 1.54) is 31.4 Å². The second-order valence-corrected chi connectivity index (χ2v) is 5.55. The number of hydrogen-bond donors (Lipinski definition) is 2. The standard InChI is InChI=1S/C16H14Cl2N2O4/c1-23-14-5-3-10(17)7-13(14)20-15(21)8-24-16(22)9-2-4-11(18)12(19)6-9/h2-7H,8,19H2,1H3,(H,20,21). The number of nitrogen functional groups attached to an aromatic ring is 1. The topological polar surface area (TPSA) is 90.6 Å². The predicted molar refractivity (Wildman–Crippen MR) is 92.8 cm³/mol. The lowest BCUT2D eigenvalue weighted by atomic mass is 10.2. The van der Waals surface area contributed by atoms with E-state index in [4.69, 9.17) is 38.4 Å². The highest BCUT2D eigenvalue weighted by atomic mass is 35.5. The Hall–Kier alpha value is -2.44. The van der Waals surface area contributed by atoms with Crippen molar-refractivity contribution in [3.63, 3.8) is 0 Å². The molecule has 0 saturated carbocycles. The van der Waals surface area contributed by atoms with Gasteiger partial charge in [0.1, 0.15) is 5.75 Å². The highest BCUT2D eigenvalue weighted by Gasteiger charge is 2.13. The molecule has 0 aromatic heterocycles. The van der Waals surface area contributed by atoms with Crippen molar-refractivity contribution in [3.05, 3.63) is 52.0 Å². The van der Waals surface area contributed by atoms with E-state index in [0.29, 0.717) is 21.5 Å². The van der Waals surface area contributed by atoms with Gasteiger partial charge >= 0.3 is 5.97 Å². The molecule has 126 valence electrons. The molecule has 2 aromatic rings. The van der Waals surface area contributed by atoms with Crippen LogP contribution in [0.4, 0.5) is 11.4 Å².